The Balaban J connectivity index is 1.59. The summed E-state index contributed by atoms with van der Waals surface area (Å²) in [5.74, 6) is 1.64. The molecule has 0 spiro atoms. The monoisotopic (exact) mass is 405 g/mol. The summed E-state index contributed by atoms with van der Waals surface area (Å²) in [4.78, 5) is 4.72. The molecule has 4 aromatic rings. The minimum absolute atomic E-state index is 0.817. The first-order valence-corrected chi connectivity index (χ1v) is 10.7. The SMILES string of the molecule is COc1ccc(-c2nnc(SC/C=C/c3ccccc3)c3nc(C)sc23)cc1. The largest absolute Gasteiger partial charge is 0.497 e. The van der Waals surface area contributed by atoms with Crippen LogP contribution < -0.4 is 4.74 Å². The van der Waals surface area contributed by atoms with Crippen molar-refractivity contribution in [2.45, 2.75) is 11.9 Å². The van der Waals surface area contributed by atoms with Crippen molar-refractivity contribution in [3.63, 3.8) is 0 Å². The van der Waals surface area contributed by atoms with Gasteiger partial charge in [-0.3, -0.25) is 0 Å². The lowest BCUT2D eigenvalue weighted by Gasteiger charge is -2.05. The summed E-state index contributed by atoms with van der Waals surface area (Å²) in [6.07, 6.45) is 4.26. The summed E-state index contributed by atoms with van der Waals surface area (Å²) in [5, 5.41) is 10.9. The number of hydrogen-bond acceptors (Lipinski definition) is 6. The summed E-state index contributed by atoms with van der Waals surface area (Å²) in [5.41, 5.74) is 4.01. The maximum absolute atomic E-state index is 5.25. The minimum Gasteiger partial charge on any atom is -0.497 e. The molecule has 0 unspecified atom stereocenters. The minimum atomic E-state index is 0.817. The third kappa shape index (κ3) is 4.08. The molecule has 0 N–H and O–H groups in total. The number of benzene rings is 2. The van der Waals surface area contributed by atoms with Crippen molar-refractivity contribution in [2.24, 2.45) is 0 Å². The van der Waals surface area contributed by atoms with Gasteiger partial charge in [-0.1, -0.05) is 54.2 Å². The molecular weight excluding hydrogens is 386 g/mol. The fourth-order valence-electron chi connectivity index (χ4n) is 2.83. The second-order valence-electron chi connectivity index (χ2n) is 6.12. The first-order chi connectivity index (χ1) is 13.7. The van der Waals surface area contributed by atoms with E-state index in [4.69, 9.17) is 9.72 Å². The van der Waals surface area contributed by atoms with Crippen LogP contribution in [0, 0.1) is 6.92 Å². The number of thiazole rings is 1. The number of ether oxygens (including phenoxy) is 1. The molecule has 2 heterocycles. The van der Waals surface area contributed by atoms with Crippen molar-refractivity contribution in [1.29, 1.82) is 0 Å². The predicted octanol–water partition coefficient (Wildman–Crippen LogP) is 5.88. The van der Waals surface area contributed by atoms with Crippen molar-refractivity contribution in [2.75, 3.05) is 12.9 Å². The molecule has 0 fully saturated rings. The average molecular weight is 406 g/mol. The van der Waals surface area contributed by atoms with Gasteiger partial charge in [0.15, 0.2) is 0 Å². The molecule has 0 aliphatic heterocycles. The number of nitrogens with zero attached hydrogens (tertiary/aromatic N) is 3. The van der Waals surface area contributed by atoms with Crippen LogP contribution >= 0.6 is 23.1 Å². The van der Waals surface area contributed by atoms with Crippen LogP contribution in [-0.2, 0) is 0 Å². The third-order valence-electron chi connectivity index (χ3n) is 4.18. The molecule has 2 aromatic heterocycles. The van der Waals surface area contributed by atoms with E-state index >= 15 is 0 Å². The zero-order chi connectivity index (χ0) is 19.3. The Morgan fingerprint density at radius 1 is 1.04 bits per heavy atom. The molecule has 0 atom stereocenters. The van der Waals surface area contributed by atoms with E-state index in [1.165, 1.54) is 5.56 Å². The van der Waals surface area contributed by atoms with E-state index in [2.05, 4.69) is 34.5 Å². The van der Waals surface area contributed by atoms with Gasteiger partial charge < -0.3 is 4.74 Å². The molecule has 0 bridgehead atoms. The standard InChI is InChI=1S/C22H19N3OS2/c1-15-23-20-21(28-15)19(17-10-12-18(26-2)13-11-17)24-25-22(20)27-14-6-9-16-7-4-3-5-8-16/h3-13H,14H2,1-2H3/b9-6+. The van der Waals surface area contributed by atoms with E-state index in [0.717, 1.165) is 43.0 Å². The molecule has 4 rings (SSSR count). The highest BCUT2D eigenvalue weighted by Gasteiger charge is 2.15. The van der Waals surface area contributed by atoms with E-state index in [1.54, 1.807) is 30.2 Å². The lowest BCUT2D eigenvalue weighted by atomic mass is 10.1. The zero-order valence-corrected chi connectivity index (χ0v) is 17.3. The Morgan fingerprint density at radius 3 is 2.57 bits per heavy atom. The second kappa shape index (κ2) is 8.54. The van der Waals surface area contributed by atoms with Crippen molar-refractivity contribution in [1.82, 2.24) is 15.2 Å². The number of methoxy groups -OCH3 is 1. The van der Waals surface area contributed by atoms with Crippen LogP contribution in [0.25, 0.3) is 27.6 Å². The van der Waals surface area contributed by atoms with Gasteiger partial charge in [0.05, 0.1) is 16.8 Å². The smallest absolute Gasteiger partial charge is 0.146 e. The Hall–Kier alpha value is -2.70. The number of fused-ring (bicyclic) bond motifs is 1. The quantitative estimate of drug-likeness (QED) is 0.375. The fourth-order valence-corrected chi connectivity index (χ4v) is 4.56. The molecule has 0 radical (unpaired) electrons. The van der Waals surface area contributed by atoms with Gasteiger partial charge in [0.2, 0.25) is 0 Å². The summed E-state index contributed by atoms with van der Waals surface area (Å²) in [7, 11) is 1.66. The highest BCUT2D eigenvalue weighted by molar-refractivity contribution is 7.99. The number of aryl methyl sites for hydroxylation is 1. The molecule has 4 nitrogen and oxygen atoms in total. The maximum Gasteiger partial charge on any atom is 0.146 e. The van der Waals surface area contributed by atoms with E-state index in [1.807, 2.05) is 49.4 Å². The van der Waals surface area contributed by atoms with Crippen LogP contribution in [0.5, 0.6) is 5.75 Å². The highest BCUT2D eigenvalue weighted by atomic mass is 32.2. The summed E-state index contributed by atoms with van der Waals surface area (Å²) >= 11 is 3.31. The summed E-state index contributed by atoms with van der Waals surface area (Å²) < 4.78 is 6.32. The van der Waals surface area contributed by atoms with E-state index in [9.17, 15) is 0 Å². The molecule has 140 valence electrons. The van der Waals surface area contributed by atoms with Crippen molar-refractivity contribution >= 4 is 39.4 Å². The van der Waals surface area contributed by atoms with E-state index in [0.29, 0.717) is 0 Å². The number of aromatic nitrogens is 3. The third-order valence-corrected chi connectivity index (χ3v) is 6.07. The average Bonchev–Trinajstić information content (AvgIpc) is 3.13. The van der Waals surface area contributed by atoms with Gasteiger partial charge >= 0.3 is 0 Å². The molecular formula is C22H19N3OS2. The van der Waals surface area contributed by atoms with Crippen molar-refractivity contribution in [3.05, 3.63) is 71.2 Å². The molecule has 28 heavy (non-hydrogen) atoms. The lowest BCUT2D eigenvalue weighted by Crippen LogP contribution is -1.93. The van der Waals surface area contributed by atoms with Crippen LogP contribution in [0.1, 0.15) is 10.6 Å². The maximum atomic E-state index is 5.25. The topological polar surface area (TPSA) is 47.9 Å². The Kier molecular flexibility index (Phi) is 5.69. The number of rotatable bonds is 6. The first-order valence-electron chi connectivity index (χ1n) is 8.87. The van der Waals surface area contributed by atoms with Crippen molar-refractivity contribution in [3.8, 4) is 17.0 Å². The molecule has 6 heteroatoms. The normalized spacial score (nSPS) is 11.4. The van der Waals surface area contributed by atoms with Crippen LogP contribution in [0.4, 0.5) is 0 Å². The van der Waals surface area contributed by atoms with Crippen LogP contribution in [0.3, 0.4) is 0 Å². The summed E-state index contributed by atoms with van der Waals surface area (Å²) in [6.45, 7) is 2.02. The van der Waals surface area contributed by atoms with Gasteiger partial charge in [-0.2, -0.15) is 0 Å². The Morgan fingerprint density at radius 2 is 1.82 bits per heavy atom. The van der Waals surface area contributed by atoms with Crippen LogP contribution in [0.2, 0.25) is 0 Å². The molecule has 0 saturated heterocycles. The molecule has 0 aliphatic carbocycles. The van der Waals surface area contributed by atoms with Gasteiger partial charge in [0.25, 0.3) is 0 Å². The van der Waals surface area contributed by atoms with Gasteiger partial charge in [-0.25, -0.2) is 4.98 Å². The molecule has 0 aliphatic rings. The fraction of sp³-hybridized carbons (Fsp3) is 0.136. The predicted molar refractivity (Wildman–Crippen MR) is 118 cm³/mol. The number of thioether (sulfide) groups is 1. The molecule has 0 saturated carbocycles. The van der Waals surface area contributed by atoms with Gasteiger partial charge in [0, 0.05) is 11.3 Å². The second-order valence-corrected chi connectivity index (χ2v) is 8.33. The van der Waals surface area contributed by atoms with Crippen LogP contribution in [0.15, 0.2) is 65.7 Å². The van der Waals surface area contributed by atoms with Gasteiger partial charge in [-0.05, 0) is 36.8 Å². The van der Waals surface area contributed by atoms with E-state index < -0.39 is 0 Å². The number of hydrogen-bond donors (Lipinski definition) is 0. The Labute approximate surface area is 172 Å². The van der Waals surface area contributed by atoms with Crippen molar-refractivity contribution < 1.29 is 4.74 Å². The molecule has 0 amide bonds. The first kappa shape index (κ1) is 18.7. The Bertz CT molecular complexity index is 1110. The molecule has 2 aromatic carbocycles. The lowest BCUT2D eigenvalue weighted by molar-refractivity contribution is 0.415. The summed E-state index contributed by atoms with van der Waals surface area (Å²) in [6, 6.07) is 18.2. The zero-order valence-electron chi connectivity index (χ0n) is 15.6. The van der Waals surface area contributed by atoms with E-state index in [-0.39, 0.29) is 0 Å². The highest BCUT2D eigenvalue weighted by Crippen LogP contribution is 2.35. The van der Waals surface area contributed by atoms with Gasteiger partial charge in [0.1, 0.15) is 22.0 Å². The van der Waals surface area contributed by atoms with Crippen LogP contribution in [-0.4, -0.2) is 28.0 Å². The van der Waals surface area contributed by atoms with Gasteiger partial charge in [-0.15, -0.1) is 21.5 Å².